The number of hydrogen-bond acceptors (Lipinski definition) is 2. The molecule has 110 valence electrons. The zero-order valence-electron chi connectivity index (χ0n) is 10.6. The van der Waals surface area contributed by atoms with Gasteiger partial charge < -0.3 is 11.1 Å². The van der Waals surface area contributed by atoms with Gasteiger partial charge in [0.25, 0.3) is 5.91 Å². The Balaban J connectivity index is 2.12. The van der Waals surface area contributed by atoms with Gasteiger partial charge in [0, 0.05) is 16.6 Å². The fraction of sp³-hybridized carbons (Fsp3) is 0.462. The molecule has 0 radical (unpaired) electrons. The fourth-order valence-electron chi connectivity index (χ4n) is 2.03. The Morgan fingerprint density at radius 3 is 2.55 bits per heavy atom. The van der Waals surface area contributed by atoms with E-state index in [1.807, 2.05) is 0 Å². The number of carbonyl (C=O) groups is 1. The van der Waals surface area contributed by atoms with Crippen LogP contribution < -0.4 is 11.1 Å². The van der Waals surface area contributed by atoms with Gasteiger partial charge in [0.05, 0.1) is 11.1 Å². The number of amides is 1. The number of halogens is 4. The molecule has 7 heteroatoms. The van der Waals surface area contributed by atoms with Crippen LogP contribution in [0.5, 0.6) is 0 Å². The van der Waals surface area contributed by atoms with Crippen molar-refractivity contribution in [1.82, 2.24) is 5.32 Å². The van der Waals surface area contributed by atoms with E-state index in [0.29, 0.717) is 4.47 Å². The molecule has 0 aromatic heterocycles. The molecule has 0 heterocycles. The van der Waals surface area contributed by atoms with Gasteiger partial charge in [-0.1, -0.05) is 0 Å². The molecule has 2 rings (SSSR count). The number of rotatable bonds is 3. The molecular formula is C13H14BrF3N2O. The first-order valence-electron chi connectivity index (χ1n) is 6.15. The lowest BCUT2D eigenvalue weighted by atomic mass is 9.78. The van der Waals surface area contributed by atoms with Gasteiger partial charge in [-0.15, -0.1) is 0 Å². The van der Waals surface area contributed by atoms with Crippen molar-refractivity contribution in [3.05, 3.63) is 33.8 Å². The maximum atomic E-state index is 12.6. The zero-order chi connectivity index (χ0) is 15.0. The first-order valence-corrected chi connectivity index (χ1v) is 6.94. The molecule has 3 N–H and O–H groups in total. The van der Waals surface area contributed by atoms with E-state index in [-0.39, 0.29) is 12.1 Å². The van der Waals surface area contributed by atoms with Crippen LogP contribution >= 0.6 is 15.9 Å². The molecule has 1 aromatic rings. The Morgan fingerprint density at radius 2 is 2.05 bits per heavy atom. The summed E-state index contributed by atoms with van der Waals surface area (Å²) in [7, 11) is 0. The summed E-state index contributed by atoms with van der Waals surface area (Å²) < 4.78 is 38.2. The van der Waals surface area contributed by atoms with Crippen LogP contribution in [-0.4, -0.2) is 18.0 Å². The van der Waals surface area contributed by atoms with Crippen LogP contribution in [0.25, 0.3) is 0 Å². The lowest BCUT2D eigenvalue weighted by Gasteiger charge is -2.38. The van der Waals surface area contributed by atoms with E-state index in [4.69, 9.17) is 5.73 Å². The average molecular weight is 351 g/mol. The zero-order valence-corrected chi connectivity index (χ0v) is 12.1. The van der Waals surface area contributed by atoms with Crippen LogP contribution in [0.3, 0.4) is 0 Å². The van der Waals surface area contributed by atoms with Crippen LogP contribution in [0.4, 0.5) is 13.2 Å². The van der Waals surface area contributed by atoms with E-state index in [1.54, 1.807) is 0 Å². The van der Waals surface area contributed by atoms with Crippen LogP contribution in [0, 0.1) is 0 Å². The Kier molecular flexibility index (Phi) is 4.11. The highest BCUT2D eigenvalue weighted by Crippen LogP contribution is 2.32. The van der Waals surface area contributed by atoms with E-state index >= 15 is 0 Å². The number of nitrogens with two attached hydrogens (primary N) is 1. The second kappa shape index (κ2) is 5.37. The minimum atomic E-state index is -4.47. The van der Waals surface area contributed by atoms with Gasteiger partial charge in [-0.25, -0.2) is 0 Å². The molecule has 0 bridgehead atoms. The third kappa shape index (κ3) is 3.32. The van der Waals surface area contributed by atoms with E-state index in [1.165, 1.54) is 6.07 Å². The number of benzene rings is 1. The Hall–Kier alpha value is -1.08. The standard InChI is InChI=1S/C13H14BrF3N2O/c14-10-3-2-8(13(15,16)17)6-9(10)11(20)19-7-12(18)4-1-5-12/h2-3,6H,1,4-5,7,18H2,(H,19,20). The van der Waals surface area contributed by atoms with Gasteiger partial charge in [-0.05, 0) is 53.4 Å². The van der Waals surface area contributed by atoms with E-state index in [0.717, 1.165) is 31.4 Å². The van der Waals surface area contributed by atoms with Crippen molar-refractivity contribution in [1.29, 1.82) is 0 Å². The van der Waals surface area contributed by atoms with Crippen molar-refractivity contribution in [2.24, 2.45) is 5.73 Å². The molecule has 1 fully saturated rings. The van der Waals surface area contributed by atoms with Gasteiger partial charge in [-0.3, -0.25) is 4.79 Å². The van der Waals surface area contributed by atoms with E-state index < -0.39 is 23.2 Å². The van der Waals surface area contributed by atoms with Crippen molar-refractivity contribution < 1.29 is 18.0 Å². The quantitative estimate of drug-likeness (QED) is 0.880. The largest absolute Gasteiger partial charge is 0.416 e. The van der Waals surface area contributed by atoms with Crippen molar-refractivity contribution >= 4 is 21.8 Å². The Morgan fingerprint density at radius 1 is 1.40 bits per heavy atom. The molecule has 0 saturated heterocycles. The monoisotopic (exact) mass is 350 g/mol. The average Bonchev–Trinajstić information content (AvgIpc) is 2.32. The highest BCUT2D eigenvalue weighted by atomic mass is 79.9. The summed E-state index contributed by atoms with van der Waals surface area (Å²) in [5, 5.41) is 2.60. The molecule has 0 aliphatic heterocycles. The number of alkyl halides is 3. The highest BCUT2D eigenvalue weighted by molar-refractivity contribution is 9.10. The summed E-state index contributed by atoms with van der Waals surface area (Å²) in [5.41, 5.74) is 4.66. The lowest BCUT2D eigenvalue weighted by molar-refractivity contribution is -0.137. The summed E-state index contributed by atoms with van der Waals surface area (Å²) in [6.45, 7) is 0.272. The first-order chi connectivity index (χ1) is 9.21. The second-order valence-electron chi connectivity index (χ2n) is 5.09. The molecule has 1 aromatic carbocycles. The van der Waals surface area contributed by atoms with Crippen LogP contribution in [0.15, 0.2) is 22.7 Å². The maximum absolute atomic E-state index is 12.6. The van der Waals surface area contributed by atoms with E-state index in [9.17, 15) is 18.0 Å². The number of carbonyl (C=O) groups excluding carboxylic acids is 1. The van der Waals surface area contributed by atoms with Crippen molar-refractivity contribution in [2.75, 3.05) is 6.54 Å². The van der Waals surface area contributed by atoms with Crippen LogP contribution in [0.1, 0.15) is 35.2 Å². The molecule has 1 saturated carbocycles. The third-order valence-electron chi connectivity index (χ3n) is 3.49. The fourth-order valence-corrected chi connectivity index (χ4v) is 2.46. The van der Waals surface area contributed by atoms with Gasteiger partial charge in [0.1, 0.15) is 0 Å². The second-order valence-corrected chi connectivity index (χ2v) is 5.95. The molecular weight excluding hydrogens is 337 g/mol. The molecule has 1 aliphatic carbocycles. The summed E-state index contributed by atoms with van der Waals surface area (Å²) in [6, 6.07) is 2.99. The predicted molar refractivity (Wildman–Crippen MR) is 72.2 cm³/mol. The SMILES string of the molecule is NC1(CNC(=O)c2cc(C(F)(F)F)ccc2Br)CCC1. The van der Waals surface area contributed by atoms with E-state index in [2.05, 4.69) is 21.2 Å². The van der Waals surface area contributed by atoms with Gasteiger partial charge >= 0.3 is 6.18 Å². The minimum absolute atomic E-state index is 0.0391. The molecule has 3 nitrogen and oxygen atoms in total. The van der Waals surface area contributed by atoms with Crippen molar-refractivity contribution in [3.63, 3.8) is 0 Å². The summed E-state index contributed by atoms with van der Waals surface area (Å²) in [6.07, 6.45) is -1.83. The van der Waals surface area contributed by atoms with Gasteiger partial charge in [0.2, 0.25) is 0 Å². The number of nitrogens with one attached hydrogen (secondary N) is 1. The minimum Gasteiger partial charge on any atom is -0.350 e. The van der Waals surface area contributed by atoms with Crippen molar-refractivity contribution in [2.45, 2.75) is 31.0 Å². The molecule has 0 spiro atoms. The molecule has 20 heavy (non-hydrogen) atoms. The summed E-state index contributed by atoms with van der Waals surface area (Å²) in [4.78, 5) is 12.0. The topological polar surface area (TPSA) is 55.1 Å². The van der Waals surface area contributed by atoms with Gasteiger partial charge in [-0.2, -0.15) is 13.2 Å². The Bertz CT molecular complexity index is 527. The number of hydrogen-bond donors (Lipinski definition) is 2. The van der Waals surface area contributed by atoms with Gasteiger partial charge in [0.15, 0.2) is 0 Å². The molecule has 1 aliphatic rings. The smallest absolute Gasteiger partial charge is 0.350 e. The lowest BCUT2D eigenvalue weighted by Crippen LogP contribution is -2.54. The predicted octanol–water partition coefficient (Wildman–Crippen LogP) is 3.08. The van der Waals surface area contributed by atoms with Crippen LogP contribution in [0.2, 0.25) is 0 Å². The molecule has 0 atom stereocenters. The highest BCUT2D eigenvalue weighted by Gasteiger charge is 2.34. The third-order valence-corrected chi connectivity index (χ3v) is 4.18. The Labute approximate surface area is 122 Å². The first kappa shape index (κ1) is 15.3. The molecule has 1 amide bonds. The summed E-state index contributed by atoms with van der Waals surface area (Å²) >= 11 is 3.09. The van der Waals surface area contributed by atoms with Crippen LogP contribution in [-0.2, 0) is 6.18 Å². The molecule has 0 unspecified atom stereocenters. The summed E-state index contributed by atoms with van der Waals surface area (Å²) in [5.74, 6) is -0.556. The van der Waals surface area contributed by atoms with Crippen molar-refractivity contribution in [3.8, 4) is 0 Å². The maximum Gasteiger partial charge on any atom is 0.416 e. The normalized spacial score (nSPS) is 17.4.